The van der Waals surface area contributed by atoms with Crippen LogP contribution in [0.4, 0.5) is 0 Å². The third-order valence-corrected chi connectivity index (χ3v) is 3.24. The van der Waals surface area contributed by atoms with E-state index in [0.29, 0.717) is 11.7 Å². The number of aryl methyl sites for hydroxylation is 1. The van der Waals surface area contributed by atoms with E-state index in [-0.39, 0.29) is 0 Å². The Morgan fingerprint density at radius 1 is 1.44 bits per heavy atom. The van der Waals surface area contributed by atoms with Crippen LogP contribution in [0.25, 0.3) is 11.0 Å². The third-order valence-electron chi connectivity index (χ3n) is 3.24. The van der Waals surface area contributed by atoms with Gasteiger partial charge in [0.15, 0.2) is 0 Å². The van der Waals surface area contributed by atoms with Crippen molar-refractivity contribution in [3.05, 3.63) is 35.1 Å². The molecule has 0 saturated carbocycles. The Kier molecular flexibility index (Phi) is 2.70. The number of fused-ring (bicyclic) bond motifs is 1. The monoisotopic (exact) mass is 213 g/mol. The standard InChI is InChI=1S/C14H15NO/c1-4-9(2)11-5-6-13-12(7-11)10(3)14(8-15)16-13/h5-7,9H,4H2,1-3H3. The molecule has 0 radical (unpaired) electrons. The SMILES string of the molecule is CCC(C)c1ccc2oc(C#N)c(C)c2c1. The van der Waals surface area contributed by atoms with Crippen LogP contribution in [0.5, 0.6) is 0 Å². The van der Waals surface area contributed by atoms with Crippen molar-refractivity contribution in [2.75, 3.05) is 0 Å². The highest BCUT2D eigenvalue weighted by molar-refractivity contribution is 5.83. The third kappa shape index (κ3) is 1.59. The number of benzene rings is 1. The summed E-state index contributed by atoms with van der Waals surface area (Å²) in [5.74, 6) is 0.973. The van der Waals surface area contributed by atoms with Gasteiger partial charge in [-0.3, -0.25) is 0 Å². The molecule has 2 nitrogen and oxygen atoms in total. The summed E-state index contributed by atoms with van der Waals surface area (Å²) in [5, 5.41) is 9.96. The van der Waals surface area contributed by atoms with Crippen molar-refractivity contribution in [2.24, 2.45) is 0 Å². The fourth-order valence-electron chi connectivity index (χ4n) is 1.89. The van der Waals surface area contributed by atoms with E-state index in [9.17, 15) is 0 Å². The largest absolute Gasteiger partial charge is 0.445 e. The minimum absolute atomic E-state index is 0.427. The van der Waals surface area contributed by atoms with Crippen LogP contribution < -0.4 is 0 Å². The summed E-state index contributed by atoms with van der Waals surface area (Å²) in [6.45, 7) is 6.32. The molecule has 1 unspecified atom stereocenters. The molecule has 0 aliphatic rings. The Balaban J connectivity index is 2.62. The molecule has 1 aromatic heterocycles. The average Bonchev–Trinajstić information content (AvgIpc) is 2.64. The molecule has 82 valence electrons. The van der Waals surface area contributed by atoms with Crippen molar-refractivity contribution in [1.82, 2.24) is 0 Å². The van der Waals surface area contributed by atoms with Crippen LogP contribution in [0.2, 0.25) is 0 Å². The van der Waals surface area contributed by atoms with Crippen LogP contribution in [-0.2, 0) is 0 Å². The lowest BCUT2D eigenvalue weighted by molar-refractivity contribution is 0.596. The lowest BCUT2D eigenvalue weighted by Crippen LogP contribution is -1.90. The zero-order chi connectivity index (χ0) is 11.7. The quantitative estimate of drug-likeness (QED) is 0.752. The molecule has 1 atom stereocenters. The fourth-order valence-corrected chi connectivity index (χ4v) is 1.89. The lowest BCUT2D eigenvalue weighted by Gasteiger charge is -2.08. The highest BCUT2D eigenvalue weighted by Gasteiger charge is 2.11. The number of hydrogen-bond donors (Lipinski definition) is 0. The van der Waals surface area contributed by atoms with Crippen LogP contribution in [0.3, 0.4) is 0 Å². The maximum absolute atomic E-state index is 8.90. The fraction of sp³-hybridized carbons (Fsp3) is 0.357. The Bertz CT molecular complexity index is 560. The normalized spacial score (nSPS) is 12.6. The molecule has 0 fully saturated rings. The molecular formula is C14H15NO. The number of nitrogens with zero attached hydrogens (tertiary/aromatic N) is 1. The Labute approximate surface area is 95.5 Å². The van der Waals surface area contributed by atoms with E-state index in [4.69, 9.17) is 9.68 Å². The van der Waals surface area contributed by atoms with Crippen LogP contribution in [0.1, 0.15) is 43.1 Å². The average molecular weight is 213 g/mol. The summed E-state index contributed by atoms with van der Waals surface area (Å²) in [7, 11) is 0. The molecule has 1 heterocycles. The van der Waals surface area contributed by atoms with Crippen molar-refractivity contribution in [3.8, 4) is 6.07 Å². The van der Waals surface area contributed by atoms with E-state index < -0.39 is 0 Å². The summed E-state index contributed by atoms with van der Waals surface area (Å²) in [4.78, 5) is 0. The van der Waals surface area contributed by atoms with Crippen LogP contribution >= 0.6 is 0 Å². The second-order valence-corrected chi connectivity index (χ2v) is 4.23. The van der Waals surface area contributed by atoms with Gasteiger partial charge >= 0.3 is 0 Å². The Morgan fingerprint density at radius 2 is 2.19 bits per heavy atom. The summed E-state index contributed by atoms with van der Waals surface area (Å²) in [6.07, 6.45) is 1.12. The number of nitriles is 1. The molecule has 2 rings (SSSR count). The van der Waals surface area contributed by atoms with Crippen molar-refractivity contribution in [1.29, 1.82) is 5.26 Å². The van der Waals surface area contributed by atoms with Crippen molar-refractivity contribution >= 4 is 11.0 Å². The first-order valence-corrected chi connectivity index (χ1v) is 5.60. The van der Waals surface area contributed by atoms with Gasteiger partial charge in [0, 0.05) is 10.9 Å². The second-order valence-electron chi connectivity index (χ2n) is 4.23. The molecule has 0 aliphatic carbocycles. The topological polar surface area (TPSA) is 36.9 Å². The van der Waals surface area contributed by atoms with Gasteiger partial charge in [0.2, 0.25) is 5.76 Å². The number of rotatable bonds is 2. The van der Waals surface area contributed by atoms with Crippen molar-refractivity contribution in [2.45, 2.75) is 33.1 Å². The molecule has 2 aromatic rings. The Hall–Kier alpha value is -1.75. The van der Waals surface area contributed by atoms with Gasteiger partial charge in [0.05, 0.1) is 0 Å². The van der Waals surface area contributed by atoms with Crippen molar-refractivity contribution in [3.63, 3.8) is 0 Å². The number of furan rings is 1. The van der Waals surface area contributed by atoms with Gasteiger partial charge in [-0.25, -0.2) is 0 Å². The molecule has 0 N–H and O–H groups in total. The summed E-state index contributed by atoms with van der Waals surface area (Å²) >= 11 is 0. The first-order valence-electron chi connectivity index (χ1n) is 5.60. The van der Waals surface area contributed by atoms with Gasteiger partial charge in [0.1, 0.15) is 11.7 Å². The zero-order valence-corrected chi connectivity index (χ0v) is 9.87. The van der Waals surface area contributed by atoms with Crippen LogP contribution in [-0.4, -0.2) is 0 Å². The molecule has 2 heteroatoms. The highest BCUT2D eigenvalue weighted by Crippen LogP contribution is 2.29. The predicted molar refractivity (Wildman–Crippen MR) is 64.4 cm³/mol. The van der Waals surface area contributed by atoms with Gasteiger partial charge < -0.3 is 4.42 Å². The molecule has 0 saturated heterocycles. The van der Waals surface area contributed by atoms with E-state index in [1.54, 1.807) is 0 Å². The first-order chi connectivity index (χ1) is 7.67. The van der Waals surface area contributed by atoms with E-state index in [1.165, 1.54) is 5.56 Å². The Morgan fingerprint density at radius 3 is 2.81 bits per heavy atom. The van der Waals surface area contributed by atoms with Gasteiger partial charge in [-0.05, 0) is 37.0 Å². The van der Waals surface area contributed by atoms with Crippen LogP contribution in [0.15, 0.2) is 22.6 Å². The number of hydrogen-bond acceptors (Lipinski definition) is 2. The lowest BCUT2D eigenvalue weighted by atomic mass is 9.97. The highest BCUT2D eigenvalue weighted by atomic mass is 16.3. The van der Waals surface area contributed by atoms with Crippen LogP contribution in [0, 0.1) is 18.3 Å². The molecule has 1 aromatic carbocycles. The molecule has 0 amide bonds. The predicted octanol–water partition coefficient (Wildman–Crippen LogP) is 4.13. The minimum Gasteiger partial charge on any atom is -0.445 e. The summed E-state index contributed by atoms with van der Waals surface area (Å²) in [6, 6.07) is 8.27. The van der Waals surface area contributed by atoms with Gasteiger partial charge in [0.25, 0.3) is 0 Å². The molecular weight excluding hydrogens is 198 g/mol. The van der Waals surface area contributed by atoms with Gasteiger partial charge in [-0.2, -0.15) is 5.26 Å². The maximum atomic E-state index is 8.90. The summed E-state index contributed by atoms with van der Waals surface area (Å²) < 4.78 is 5.46. The molecule has 0 aliphatic heterocycles. The zero-order valence-electron chi connectivity index (χ0n) is 9.87. The maximum Gasteiger partial charge on any atom is 0.207 e. The van der Waals surface area contributed by atoms with E-state index in [0.717, 1.165) is 23.0 Å². The minimum atomic E-state index is 0.427. The molecule has 0 bridgehead atoms. The second kappa shape index (κ2) is 4.02. The van der Waals surface area contributed by atoms with Gasteiger partial charge in [-0.15, -0.1) is 0 Å². The van der Waals surface area contributed by atoms with Crippen molar-refractivity contribution < 1.29 is 4.42 Å². The van der Waals surface area contributed by atoms with E-state index >= 15 is 0 Å². The van der Waals surface area contributed by atoms with E-state index in [2.05, 4.69) is 32.0 Å². The smallest absolute Gasteiger partial charge is 0.207 e. The van der Waals surface area contributed by atoms with Gasteiger partial charge in [-0.1, -0.05) is 19.9 Å². The first kappa shape index (κ1) is 10.8. The summed E-state index contributed by atoms with van der Waals surface area (Å²) in [5.41, 5.74) is 3.06. The molecule has 16 heavy (non-hydrogen) atoms. The molecule has 0 spiro atoms. The van der Waals surface area contributed by atoms with E-state index in [1.807, 2.05) is 13.0 Å².